The summed E-state index contributed by atoms with van der Waals surface area (Å²) in [5.41, 5.74) is 6.64. The summed E-state index contributed by atoms with van der Waals surface area (Å²) in [4.78, 5) is 16.1. The first-order valence-corrected chi connectivity index (χ1v) is 10.1. The second-order valence-corrected chi connectivity index (χ2v) is 8.01. The normalized spacial score (nSPS) is 22.5. The van der Waals surface area contributed by atoms with Gasteiger partial charge in [0.25, 0.3) is 0 Å². The van der Waals surface area contributed by atoms with Crippen molar-refractivity contribution in [3.63, 3.8) is 0 Å². The maximum Gasteiger partial charge on any atom is 0.133 e. The second-order valence-electron chi connectivity index (χ2n) is 8.01. The standard InChI is InChI=1S/C25H24N2O/c1-16(28)22-14-23(22)18-10-13-25(26-15-18)27-24-12-11-20-19(8-5-9-21(20)24)17-6-3-2-4-7-17/h2-10,13,15,22-24H,11-12,14H2,1H3,(H,26,27). The third kappa shape index (κ3) is 3.11. The molecule has 140 valence electrons. The highest BCUT2D eigenvalue weighted by molar-refractivity contribution is 5.82. The largest absolute Gasteiger partial charge is 0.363 e. The number of ketones is 1. The highest BCUT2D eigenvalue weighted by Gasteiger charge is 2.41. The third-order valence-corrected chi connectivity index (χ3v) is 6.20. The first-order chi connectivity index (χ1) is 13.7. The molecule has 3 aromatic rings. The van der Waals surface area contributed by atoms with Gasteiger partial charge in [-0.1, -0.05) is 54.6 Å². The predicted molar refractivity (Wildman–Crippen MR) is 112 cm³/mol. The number of aromatic nitrogens is 1. The SMILES string of the molecule is CC(=O)C1CC1c1ccc(NC2CCc3c(-c4ccccc4)cccc32)nc1. The van der Waals surface area contributed by atoms with E-state index in [0.717, 1.165) is 25.1 Å². The van der Waals surface area contributed by atoms with Gasteiger partial charge in [-0.2, -0.15) is 0 Å². The summed E-state index contributed by atoms with van der Waals surface area (Å²) in [6, 6.07) is 21.7. The van der Waals surface area contributed by atoms with Gasteiger partial charge in [0.15, 0.2) is 0 Å². The van der Waals surface area contributed by atoms with Crippen molar-refractivity contribution in [2.24, 2.45) is 5.92 Å². The Kier molecular flexibility index (Phi) is 4.23. The van der Waals surface area contributed by atoms with E-state index in [1.54, 1.807) is 6.92 Å². The molecular weight excluding hydrogens is 344 g/mol. The van der Waals surface area contributed by atoms with Crippen molar-refractivity contribution in [2.75, 3.05) is 5.32 Å². The van der Waals surface area contributed by atoms with E-state index in [1.807, 2.05) is 6.20 Å². The molecule has 3 heteroatoms. The Morgan fingerprint density at radius 2 is 1.89 bits per heavy atom. The number of fused-ring (bicyclic) bond motifs is 1. The van der Waals surface area contributed by atoms with E-state index in [-0.39, 0.29) is 5.92 Å². The molecule has 2 aliphatic carbocycles. The van der Waals surface area contributed by atoms with Gasteiger partial charge in [-0.25, -0.2) is 4.98 Å². The first kappa shape index (κ1) is 17.2. The quantitative estimate of drug-likeness (QED) is 0.643. The number of benzene rings is 2. The lowest BCUT2D eigenvalue weighted by molar-refractivity contribution is -0.118. The molecule has 3 nitrogen and oxygen atoms in total. The van der Waals surface area contributed by atoms with Crippen molar-refractivity contribution >= 4 is 11.6 Å². The van der Waals surface area contributed by atoms with Gasteiger partial charge >= 0.3 is 0 Å². The van der Waals surface area contributed by atoms with Crippen LogP contribution in [-0.2, 0) is 11.2 Å². The van der Waals surface area contributed by atoms with Crippen LogP contribution in [0.2, 0.25) is 0 Å². The Hall–Kier alpha value is -2.94. The van der Waals surface area contributed by atoms with Crippen molar-refractivity contribution in [3.8, 4) is 11.1 Å². The van der Waals surface area contributed by atoms with Crippen molar-refractivity contribution < 1.29 is 4.79 Å². The number of anilines is 1. The van der Waals surface area contributed by atoms with Gasteiger partial charge in [-0.05, 0) is 66.0 Å². The fourth-order valence-electron chi connectivity index (χ4n) is 4.59. The number of carbonyl (C=O) groups is 1. The molecular formula is C25H24N2O. The zero-order valence-electron chi connectivity index (χ0n) is 16.1. The number of nitrogens with one attached hydrogen (secondary N) is 1. The molecule has 0 radical (unpaired) electrons. The molecule has 0 saturated heterocycles. The van der Waals surface area contributed by atoms with E-state index in [4.69, 9.17) is 0 Å². The summed E-state index contributed by atoms with van der Waals surface area (Å²) in [5, 5.41) is 3.62. The minimum Gasteiger partial charge on any atom is -0.363 e. The van der Waals surface area contributed by atoms with Crippen LogP contribution in [0.4, 0.5) is 5.82 Å². The number of carbonyl (C=O) groups excluding carboxylic acids is 1. The minimum atomic E-state index is 0.207. The number of rotatable bonds is 5. The Morgan fingerprint density at radius 3 is 2.61 bits per heavy atom. The molecule has 1 heterocycles. The summed E-state index contributed by atoms with van der Waals surface area (Å²) < 4.78 is 0. The van der Waals surface area contributed by atoms with Crippen LogP contribution in [0.5, 0.6) is 0 Å². The lowest BCUT2D eigenvalue weighted by Gasteiger charge is -2.16. The lowest BCUT2D eigenvalue weighted by Crippen LogP contribution is -2.08. The van der Waals surface area contributed by atoms with E-state index in [1.165, 1.54) is 27.8 Å². The van der Waals surface area contributed by atoms with E-state index < -0.39 is 0 Å². The predicted octanol–water partition coefficient (Wildman–Crippen LogP) is 5.54. The fourth-order valence-corrected chi connectivity index (χ4v) is 4.59. The van der Waals surface area contributed by atoms with Crippen molar-refractivity contribution in [1.82, 2.24) is 4.98 Å². The molecule has 1 fully saturated rings. The van der Waals surface area contributed by atoms with Gasteiger partial charge in [0.2, 0.25) is 0 Å². The first-order valence-electron chi connectivity index (χ1n) is 10.1. The molecule has 0 aliphatic heterocycles. The van der Waals surface area contributed by atoms with E-state index >= 15 is 0 Å². The molecule has 0 spiro atoms. The van der Waals surface area contributed by atoms with Gasteiger partial charge < -0.3 is 5.32 Å². The molecule has 1 saturated carbocycles. The van der Waals surface area contributed by atoms with Crippen molar-refractivity contribution in [3.05, 3.63) is 83.6 Å². The summed E-state index contributed by atoms with van der Waals surface area (Å²) in [6.45, 7) is 1.69. The van der Waals surface area contributed by atoms with Crippen LogP contribution in [-0.4, -0.2) is 10.8 Å². The van der Waals surface area contributed by atoms with Crippen molar-refractivity contribution in [1.29, 1.82) is 0 Å². The van der Waals surface area contributed by atoms with E-state index in [2.05, 4.69) is 71.0 Å². The lowest BCUT2D eigenvalue weighted by atomic mass is 9.96. The molecule has 0 bridgehead atoms. The molecule has 0 amide bonds. The Bertz CT molecular complexity index is 1010. The summed E-state index contributed by atoms with van der Waals surface area (Å²) in [5.74, 6) is 1.79. The number of nitrogens with zero attached hydrogens (tertiary/aromatic N) is 1. The fraction of sp³-hybridized carbons (Fsp3) is 0.280. The van der Waals surface area contributed by atoms with Crippen LogP contribution >= 0.6 is 0 Å². The van der Waals surface area contributed by atoms with Gasteiger partial charge in [0.1, 0.15) is 11.6 Å². The summed E-state index contributed by atoms with van der Waals surface area (Å²) >= 11 is 0. The van der Waals surface area contributed by atoms with Crippen molar-refractivity contribution in [2.45, 2.75) is 38.1 Å². The average Bonchev–Trinajstić information content (AvgIpc) is 3.44. The second kappa shape index (κ2) is 6.90. The zero-order valence-corrected chi connectivity index (χ0v) is 16.1. The summed E-state index contributed by atoms with van der Waals surface area (Å²) in [6.07, 6.45) is 5.07. The highest BCUT2D eigenvalue weighted by atomic mass is 16.1. The third-order valence-electron chi connectivity index (χ3n) is 6.20. The highest BCUT2D eigenvalue weighted by Crippen LogP contribution is 2.48. The van der Waals surface area contributed by atoms with Gasteiger partial charge in [0, 0.05) is 12.1 Å². The molecule has 28 heavy (non-hydrogen) atoms. The number of hydrogen-bond acceptors (Lipinski definition) is 3. The van der Waals surface area contributed by atoms with Crippen LogP contribution < -0.4 is 5.32 Å². The number of Topliss-reactive ketones (excluding diaryl/α,β-unsaturated/α-hetero) is 1. The van der Waals surface area contributed by atoms with Crippen LogP contribution in [0, 0.1) is 5.92 Å². The maximum absolute atomic E-state index is 11.5. The Morgan fingerprint density at radius 1 is 1.04 bits per heavy atom. The van der Waals surface area contributed by atoms with Gasteiger partial charge in [0.05, 0.1) is 6.04 Å². The zero-order chi connectivity index (χ0) is 19.1. The summed E-state index contributed by atoms with van der Waals surface area (Å²) in [7, 11) is 0. The van der Waals surface area contributed by atoms with Crippen LogP contribution in [0.1, 0.15) is 48.4 Å². The van der Waals surface area contributed by atoms with Crippen LogP contribution in [0.15, 0.2) is 66.9 Å². The Balaban J connectivity index is 1.34. The van der Waals surface area contributed by atoms with Crippen LogP contribution in [0.25, 0.3) is 11.1 Å². The maximum atomic E-state index is 11.5. The molecule has 3 atom stereocenters. The van der Waals surface area contributed by atoms with E-state index in [0.29, 0.717) is 17.7 Å². The van der Waals surface area contributed by atoms with Crippen LogP contribution in [0.3, 0.4) is 0 Å². The number of hydrogen-bond donors (Lipinski definition) is 1. The van der Waals surface area contributed by atoms with Gasteiger partial charge in [-0.15, -0.1) is 0 Å². The molecule has 3 unspecified atom stereocenters. The molecule has 1 aromatic heterocycles. The number of pyridine rings is 1. The molecule has 2 aliphatic rings. The molecule has 2 aromatic carbocycles. The topological polar surface area (TPSA) is 42.0 Å². The minimum absolute atomic E-state index is 0.207. The van der Waals surface area contributed by atoms with E-state index in [9.17, 15) is 4.79 Å². The smallest absolute Gasteiger partial charge is 0.133 e. The van der Waals surface area contributed by atoms with Gasteiger partial charge in [-0.3, -0.25) is 4.79 Å². The molecule has 5 rings (SSSR count). The molecule has 1 N–H and O–H groups in total. The Labute approximate surface area is 165 Å². The monoisotopic (exact) mass is 368 g/mol. The average molecular weight is 368 g/mol.